The highest BCUT2D eigenvalue weighted by Gasteiger charge is 2.21. The molecule has 1 atom stereocenters. The second-order valence-corrected chi connectivity index (χ2v) is 4.85. The zero-order valence-electron chi connectivity index (χ0n) is 10.8. The molecule has 0 spiro atoms. The van der Waals surface area contributed by atoms with Crippen molar-refractivity contribution in [3.05, 3.63) is 42.1 Å². The molecule has 5 heteroatoms. The molecule has 0 radical (unpaired) electrons. The first-order chi connectivity index (χ1) is 9.02. The van der Waals surface area contributed by atoms with Gasteiger partial charge in [0.15, 0.2) is 0 Å². The fourth-order valence-corrected chi connectivity index (χ4v) is 1.99. The van der Waals surface area contributed by atoms with Gasteiger partial charge in [-0.2, -0.15) is 0 Å². The van der Waals surface area contributed by atoms with Crippen molar-refractivity contribution in [2.45, 2.75) is 13.0 Å². The van der Waals surface area contributed by atoms with E-state index < -0.39 is 0 Å². The molecule has 0 aliphatic rings. The molecular formula is C14H15N3OS. The number of carbonyl (C=O) groups is 1. The van der Waals surface area contributed by atoms with Crippen molar-refractivity contribution in [2.24, 2.45) is 5.73 Å². The topological polar surface area (TPSA) is 59.2 Å². The molecule has 0 fully saturated rings. The minimum atomic E-state index is -0.290. The summed E-state index contributed by atoms with van der Waals surface area (Å²) in [7, 11) is 1.69. The lowest BCUT2D eigenvalue weighted by molar-refractivity contribution is 0.0780. The zero-order chi connectivity index (χ0) is 14.0. The number of aromatic nitrogens is 1. The van der Waals surface area contributed by atoms with E-state index in [0.717, 1.165) is 5.39 Å². The molecule has 1 aromatic carbocycles. The van der Waals surface area contributed by atoms with Gasteiger partial charge in [0, 0.05) is 18.6 Å². The van der Waals surface area contributed by atoms with E-state index in [2.05, 4.69) is 4.98 Å². The van der Waals surface area contributed by atoms with Gasteiger partial charge >= 0.3 is 0 Å². The molecule has 2 rings (SSSR count). The third-order valence-corrected chi connectivity index (χ3v) is 3.52. The van der Waals surface area contributed by atoms with E-state index >= 15 is 0 Å². The number of hydrogen-bond acceptors (Lipinski definition) is 3. The van der Waals surface area contributed by atoms with Crippen LogP contribution in [0, 0.1) is 0 Å². The first-order valence-corrected chi connectivity index (χ1v) is 6.33. The Morgan fingerprint density at radius 2 is 2.05 bits per heavy atom. The van der Waals surface area contributed by atoms with Crippen LogP contribution in [0.5, 0.6) is 0 Å². The van der Waals surface area contributed by atoms with Crippen molar-refractivity contribution in [2.75, 3.05) is 7.05 Å². The number of amides is 1. The molecule has 19 heavy (non-hydrogen) atoms. The van der Waals surface area contributed by atoms with Crippen molar-refractivity contribution in [3.63, 3.8) is 0 Å². The summed E-state index contributed by atoms with van der Waals surface area (Å²) in [4.78, 5) is 18.6. The molecule has 0 saturated heterocycles. The van der Waals surface area contributed by atoms with E-state index in [9.17, 15) is 4.79 Å². The Kier molecular flexibility index (Phi) is 3.76. The number of likely N-dealkylation sites (N-methyl/N-ethyl adjacent to an activating group) is 1. The molecule has 0 saturated carbocycles. The largest absolute Gasteiger partial charge is 0.392 e. The molecule has 4 nitrogen and oxygen atoms in total. The predicted molar refractivity (Wildman–Crippen MR) is 80.1 cm³/mol. The van der Waals surface area contributed by atoms with Crippen molar-refractivity contribution < 1.29 is 4.79 Å². The molecule has 1 unspecified atom stereocenters. The third-order valence-electron chi connectivity index (χ3n) is 3.18. The summed E-state index contributed by atoms with van der Waals surface area (Å²) in [5.74, 6) is -0.135. The predicted octanol–water partition coefficient (Wildman–Crippen LogP) is 1.98. The number of rotatable bonds is 3. The van der Waals surface area contributed by atoms with Crippen LogP contribution in [0.1, 0.15) is 17.3 Å². The van der Waals surface area contributed by atoms with E-state index in [0.29, 0.717) is 16.1 Å². The fourth-order valence-electron chi connectivity index (χ4n) is 1.83. The van der Waals surface area contributed by atoms with Gasteiger partial charge in [-0.15, -0.1) is 0 Å². The van der Waals surface area contributed by atoms with Gasteiger partial charge in [0.25, 0.3) is 5.91 Å². The number of carbonyl (C=O) groups excluding carboxylic acids is 1. The number of para-hydroxylation sites is 1. The lowest BCUT2D eigenvalue weighted by Crippen LogP contribution is -2.42. The Morgan fingerprint density at radius 3 is 2.74 bits per heavy atom. The summed E-state index contributed by atoms with van der Waals surface area (Å²) in [6.07, 6.45) is 1.68. The highest BCUT2D eigenvalue weighted by atomic mass is 32.1. The average Bonchev–Trinajstić information content (AvgIpc) is 2.44. The molecular weight excluding hydrogens is 258 g/mol. The van der Waals surface area contributed by atoms with Crippen molar-refractivity contribution in [3.8, 4) is 0 Å². The van der Waals surface area contributed by atoms with Crippen LogP contribution >= 0.6 is 12.2 Å². The molecule has 2 N–H and O–H groups in total. The molecule has 0 aliphatic heterocycles. The van der Waals surface area contributed by atoms with E-state index in [4.69, 9.17) is 18.0 Å². The number of hydrogen-bond donors (Lipinski definition) is 1. The van der Waals surface area contributed by atoms with Gasteiger partial charge in [0.1, 0.15) is 0 Å². The van der Waals surface area contributed by atoms with Gasteiger partial charge in [-0.1, -0.05) is 30.4 Å². The molecule has 1 amide bonds. The van der Waals surface area contributed by atoms with Crippen LogP contribution < -0.4 is 5.73 Å². The lowest BCUT2D eigenvalue weighted by atomic mass is 10.1. The average molecular weight is 273 g/mol. The Balaban J connectivity index is 2.44. The Labute approximate surface area is 117 Å². The fraction of sp³-hybridized carbons (Fsp3) is 0.214. The van der Waals surface area contributed by atoms with Gasteiger partial charge in [-0.25, -0.2) is 0 Å². The van der Waals surface area contributed by atoms with Crippen molar-refractivity contribution in [1.82, 2.24) is 9.88 Å². The van der Waals surface area contributed by atoms with Crippen LogP contribution in [0.15, 0.2) is 36.5 Å². The molecule has 1 aromatic heterocycles. The van der Waals surface area contributed by atoms with Gasteiger partial charge in [0.05, 0.1) is 22.1 Å². The van der Waals surface area contributed by atoms with Crippen LogP contribution in [-0.2, 0) is 0 Å². The van der Waals surface area contributed by atoms with E-state index in [1.807, 2.05) is 24.3 Å². The van der Waals surface area contributed by atoms with Gasteiger partial charge < -0.3 is 10.6 Å². The van der Waals surface area contributed by atoms with Crippen molar-refractivity contribution in [1.29, 1.82) is 0 Å². The lowest BCUT2D eigenvalue weighted by Gasteiger charge is -2.24. The second-order valence-electron chi connectivity index (χ2n) is 4.38. The molecule has 1 heterocycles. The zero-order valence-corrected chi connectivity index (χ0v) is 11.6. The van der Waals surface area contributed by atoms with E-state index in [1.165, 1.54) is 4.90 Å². The summed E-state index contributed by atoms with van der Waals surface area (Å²) in [5, 5.41) is 0.935. The van der Waals surface area contributed by atoms with Crippen LogP contribution in [0.2, 0.25) is 0 Å². The van der Waals surface area contributed by atoms with Gasteiger partial charge in [-0.05, 0) is 19.1 Å². The monoisotopic (exact) mass is 273 g/mol. The Hall–Kier alpha value is -2.01. The maximum atomic E-state index is 12.5. The van der Waals surface area contributed by atoms with Crippen LogP contribution in [-0.4, -0.2) is 33.9 Å². The molecule has 2 aromatic rings. The van der Waals surface area contributed by atoms with Crippen LogP contribution in [0.25, 0.3) is 10.9 Å². The molecule has 0 aliphatic carbocycles. The maximum Gasteiger partial charge on any atom is 0.256 e. The SMILES string of the molecule is CC(C(N)=S)N(C)C(=O)c1cccc2cccnc12. The number of thiocarbonyl (C=S) groups is 1. The summed E-state index contributed by atoms with van der Waals surface area (Å²) >= 11 is 4.93. The number of nitrogens with two attached hydrogens (primary N) is 1. The summed E-state index contributed by atoms with van der Waals surface area (Å²) in [6, 6.07) is 9.02. The van der Waals surface area contributed by atoms with Crippen LogP contribution in [0.4, 0.5) is 0 Å². The van der Waals surface area contributed by atoms with Crippen molar-refractivity contribution >= 4 is 34.0 Å². The minimum absolute atomic E-state index is 0.135. The smallest absolute Gasteiger partial charge is 0.256 e. The maximum absolute atomic E-state index is 12.5. The first-order valence-electron chi connectivity index (χ1n) is 5.92. The first kappa shape index (κ1) is 13.4. The summed E-state index contributed by atoms with van der Waals surface area (Å²) in [6.45, 7) is 1.80. The highest BCUT2D eigenvalue weighted by molar-refractivity contribution is 7.80. The number of pyridine rings is 1. The number of benzene rings is 1. The number of fused-ring (bicyclic) bond motifs is 1. The molecule has 98 valence electrons. The summed E-state index contributed by atoms with van der Waals surface area (Å²) in [5.41, 5.74) is 6.84. The third kappa shape index (κ3) is 2.56. The number of nitrogens with zero attached hydrogens (tertiary/aromatic N) is 2. The second kappa shape index (κ2) is 5.32. The normalized spacial score (nSPS) is 12.1. The van der Waals surface area contributed by atoms with Gasteiger partial charge in [0.2, 0.25) is 0 Å². The standard InChI is InChI=1S/C14H15N3OS/c1-9(13(15)19)17(2)14(18)11-7-3-5-10-6-4-8-16-12(10)11/h3-9H,1-2H3,(H2,15,19). The minimum Gasteiger partial charge on any atom is -0.392 e. The Morgan fingerprint density at radius 1 is 1.37 bits per heavy atom. The quantitative estimate of drug-likeness (QED) is 0.869. The van der Waals surface area contributed by atoms with E-state index in [-0.39, 0.29) is 11.9 Å². The van der Waals surface area contributed by atoms with Gasteiger partial charge in [-0.3, -0.25) is 9.78 Å². The highest BCUT2D eigenvalue weighted by Crippen LogP contribution is 2.18. The van der Waals surface area contributed by atoms with Crippen LogP contribution in [0.3, 0.4) is 0 Å². The Bertz CT molecular complexity index is 636. The molecule has 0 bridgehead atoms. The summed E-state index contributed by atoms with van der Waals surface area (Å²) < 4.78 is 0. The van der Waals surface area contributed by atoms with E-state index in [1.54, 1.807) is 26.2 Å².